The molecule has 2 aromatic rings. The topological polar surface area (TPSA) is 65.4 Å². The maximum atomic E-state index is 11.5. The molecule has 1 amide bonds. The summed E-state index contributed by atoms with van der Waals surface area (Å²) in [7, 11) is 3.34. The quantitative estimate of drug-likeness (QED) is 0.889. The van der Waals surface area contributed by atoms with Crippen LogP contribution in [0.4, 0.5) is 5.69 Å². The van der Waals surface area contributed by atoms with Gasteiger partial charge < -0.3 is 14.8 Å². The van der Waals surface area contributed by atoms with Crippen LogP contribution >= 0.6 is 0 Å². The summed E-state index contributed by atoms with van der Waals surface area (Å²) in [5.74, 6) is 0.381. The first-order chi connectivity index (χ1) is 9.15. The Morgan fingerprint density at radius 1 is 1.47 bits per heavy atom. The summed E-state index contributed by atoms with van der Waals surface area (Å²) in [6.07, 6.45) is 0. The van der Waals surface area contributed by atoms with Crippen molar-refractivity contribution in [3.63, 3.8) is 0 Å². The van der Waals surface area contributed by atoms with Gasteiger partial charge in [-0.3, -0.25) is 9.48 Å². The standard InChI is InChI=1S/C13H17N3O3/c1-4-19-13-10-7-9(14-12(17)8-18-3)5-6-11(10)16(2)15-13/h5-7H,4,8H2,1-3H3,(H,14,17). The third kappa shape index (κ3) is 2.85. The summed E-state index contributed by atoms with van der Waals surface area (Å²) >= 11 is 0. The lowest BCUT2D eigenvalue weighted by atomic mass is 10.2. The molecule has 0 aliphatic carbocycles. The van der Waals surface area contributed by atoms with Crippen molar-refractivity contribution < 1.29 is 14.3 Å². The van der Waals surface area contributed by atoms with E-state index in [1.165, 1.54) is 7.11 Å². The first-order valence-corrected chi connectivity index (χ1v) is 6.04. The number of nitrogens with zero attached hydrogens (tertiary/aromatic N) is 2. The lowest BCUT2D eigenvalue weighted by Gasteiger charge is -2.05. The van der Waals surface area contributed by atoms with Crippen LogP contribution in [0, 0.1) is 0 Å². The van der Waals surface area contributed by atoms with Crippen LogP contribution in [0.3, 0.4) is 0 Å². The molecule has 0 saturated heterocycles. The lowest BCUT2D eigenvalue weighted by Crippen LogP contribution is -2.16. The molecule has 0 saturated carbocycles. The van der Waals surface area contributed by atoms with Gasteiger partial charge in [-0.15, -0.1) is 5.10 Å². The number of fused-ring (bicyclic) bond motifs is 1. The van der Waals surface area contributed by atoms with Crippen molar-refractivity contribution in [2.24, 2.45) is 7.05 Å². The van der Waals surface area contributed by atoms with Gasteiger partial charge in [-0.1, -0.05) is 0 Å². The Kier molecular flexibility index (Phi) is 4.01. The highest BCUT2D eigenvalue weighted by Crippen LogP contribution is 2.27. The van der Waals surface area contributed by atoms with Gasteiger partial charge in [0.2, 0.25) is 11.8 Å². The molecule has 1 aromatic heterocycles. The van der Waals surface area contributed by atoms with Crippen LogP contribution in [0.5, 0.6) is 5.88 Å². The van der Waals surface area contributed by atoms with Gasteiger partial charge >= 0.3 is 0 Å². The third-order valence-corrected chi connectivity index (χ3v) is 2.66. The van der Waals surface area contributed by atoms with Crippen LogP contribution in [0.25, 0.3) is 10.9 Å². The van der Waals surface area contributed by atoms with Crippen molar-refractivity contribution in [3.8, 4) is 5.88 Å². The molecule has 1 N–H and O–H groups in total. The van der Waals surface area contributed by atoms with Gasteiger partial charge in [0, 0.05) is 19.8 Å². The van der Waals surface area contributed by atoms with Crippen molar-refractivity contribution in [2.45, 2.75) is 6.92 Å². The lowest BCUT2D eigenvalue weighted by molar-refractivity contribution is -0.119. The second-order valence-electron chi connectivity index (χ2n) is 4.07. The van der Waals surface area contributed by atoms with E-state index in [9.17, 15) is 4.79 Å². The predicted octanol–water partition coefficient (Wildman–Crippen LogP) is 1.56. The van der Waals surface area contributed by atoms with Crippen LogP contribution in [-0.2, 0) is 16.6 Å². The molecule has 0 atom stereocenters. The number of carbonyl (C=O) groups excluding carboxylic acids is 1. The number of nitrogens with one attached hydrogen (secondary N) is 1. The first kappa shape index (κ1) is 13.4. The van der Waals surface area contributed by atoms with E-state index in [0.29, 0.717) is 18.2 Å². The molecule has 0 fully saturated rings. The van der Waals surface area contributed by atoms with Crippen LogP contribution in [-0.4, -0.2) is 36.0 Å². The van der Waals surface area contributed by atoms with Crippen molar-refractivity contribution >= 4 is 22.5 Å². The molecule has 1 heterocycles. The Morgan fingerprint density at radius 2 is 2.26 bits per heavy atom. The summed E-state index contributed by atoms with van der Waals surface area (Å²) in [4.78, 5) is 11.5. The number of benzene rings is 1. The van der Waals surface area contributed by atoms with Crippen LogP contribution in [0.15, 0.2) is 18.2 Å². The van der Waals surface area contributed by atoms with E-state index in [0.717, 1.165) is 10.9 Å². The summed E-state index contributed by atoms with van der Waals surface area (Å²) in [6.45, 7) is 2.49. The average molecular weight is 263 g/mol. The number of hydrogen-bond donors (Lipinski definition) is 1. The smallest absolute Gasteiger partial charge is 0.250 e. The minimum absolute atomic E-state index is 0.0311. The SMILES string of the molecule is CCOc1nn(C)c2ccc(NC(=O)COC)cc12. The van der Waals surface area contributed by atoms with Crippen molar-refractivity contribution in [3.05, 3.63) is 18.2 Å². The van der Waals surface area contributed by atoms with Gasteiger partial charge in [-0.25, -0.2) is 0 Å². The zero-order chi connectivity index (χ0) is 13.8. The molecular formula is C13H17N3O3. The van der Waals surface area contributed by atoms with Gasteiger partial charge in [-0.05, 0) is 25.1 Å². The van der Waals surface area contributed by atoms with Gasteiger partial charge in [0.1, 0.15) is 6.61 Å². The molecule has 2 rings (SSSR count). The Labute approximate surface area is 111 Å². The van der Waals surface area contributed by atoms with Crippen molar-refractivity contribution in [1.29, 1.82) is 0 Å². The molecule has 0 bridgehead atoms. The average Bonchev–Trinajstić information content (AvgIpc) is 2.67. The van der Waals surface area contributed by atoms with E-state index in [1.807, 2.05) is 32.2 Å². The Balaban J connectivity index is 2.33. The van der Waals surface area contributed by atoms with Crippen LogP contribution in [0.2, 0.25) is 0 Å². The second-order valence-corrected chi connectivity index (χ2v) is 4.07. The van der Waals surface area contributed by atoms with Gasteiger partial charge in [0.25, 0.3) is 0 Å². The van der Waals surface area contributed by atoms with Crippen molar-refractivity contribution in [2.75, 3.05) is 25.6 Å². The number of rotatable bonds is 5. The Hall–Kier alpha value is -2.08. The minimum Gasteiger partial charge on any atom is -0.476 e. The summed E-state index contributed by atoms with van der Waals surface area (Å²) in [5, 5.41) is 7.92. The maximum Gasteiger partial charge on any atom is 0.250 e. The summed E-state index contributed by atoms with van der Waals surface area (Å²) in [6, 6.07) is 5.57. The molecule has 0 radical (unpaired) electrons. The van der Waals surface area contributed by atoms with Gasteiger partial charge in [-0.2, -0.15) is 0 Å². The number of ether oxygens (including phenoxy) is 2. The molecule has 0 spiro atoms. The molecule has 0 aliphatic heterocycles. The second kappa shape index (κ2) is 5.71. The van der Waals surface area contributed by atoms with E-state index >= 15 is 0 Å². The highest BCUT2D eigenvalue weighted by atomic mass is 16.5. The number of carbonyl (C=O) groups is 1. The largest absolute Gasteiger partial charge is 0.476 e. The predicted molar refractivity (Wildman–Crippen MR) is 72.4 cm³/mol. The molecular weight excluding hydrogens is 246 g/mol. The van der Waals surface area contributed by atoms with Gasteiger partial charge in [0.05, 0.1) is 17.5 Å². The number of aromatic nitrogens is 2. The first-order valence-electron chi connectivity index (χ1n) is 6.04. The van der Waals surface area contributed by atoms with Crippen LogP contribution in [0.1, 0.15) is 6.92 Å². The summed E-state index contributed by atoms with van der Waals surface area (Å²) < 4.78 is 12.0. The Morgan fingerprint density at radius 3 is 2.95 bits per heavy atom. The molecule has 1 aromatic carbocycles. The number of aryl methyl sites for hydroxylation is 1. The zero-order valence-electron chi connectivity index (χ0n) is 11.3. The molecule has 6 nitrogen and oxygen atoms in total. The Bertz CT molecular complexity index is 592. The van der Waals surface area contributed by atoms with E-state index in [4.69, 9.17) is 9.47 Å². The van der Waals surface area contributed by atoms with Gasteiger partial charge in [0.15, 0.2) is 0 Å². The van der Waals surface area contributed by atoms with Crippen molar-refractivity contribution in [1.82, 2.24) is 9.78 Å². The minimum atomic E-state index is -0.191. The highest BCUT2D eigenvalue weighted by Gasteiger charge is 2.11. The fraction of sp³-hybridized carbons (Fsp3) is 0.385. The fourth-order valence-electron chi connectivity index (χ4n) is 1.88. The number of methoxy groups -OCH3 is 1. The maximum absolute atomic E-state index is 11.5. The van der Waals surface area contributed by atoms with E-state index in [2.05, 4.69) is 10.4 Å². The van der Waals surface area contributed by atoms with E-state index < -0.39 is 0 Å². The highest BCUT2D eigenvalue weighted by molar-refractivity contribution is 5.95. The number of amides is 1. The molecule has 102 valence electrons. The number of hydrogen-bond acceptors (Lipinski definition) is 4. The zero-order valence-corrected chi connectivity index (χ0v) is 11.3. The molecule has 19 heavy (non-hydrogen) atoms. The third-order valence-electron chi connectivity index (χ3n) is 2.66. The molecule has 0 aliphatic rings. The fourth-order valence-corrected chi connectivity index (χ4v) is 1.88. The molecule has 6 heteroatoms. The number of anilines is 1. The van der Waals surface area contributed by atoms with E-state index in [1.54, 1.807) is 4.68 Å². The summed E-state index contributed by atoms with van der Waals surface area (Å²) in [5.41, 5.74) is 1.65. The normalized spacial score (nSPS) is 10.7. The van der Waals surface area contributed by atoms with Crippen LogP contribution < -0.4 is 10.1 Å². The van der Waals surface area contributed by atoms with E-state index in [-0.39, 0.29) is 12.5 Å². The monoisotopic (exact) mass is 263 g/mol. The molecule has 0 unspecified atom stereocenters.